The largest absolute Gasteiger partial charge is 0.461 e. The third-order valence-corrected chi connectivity index (χ3v) is 13.0. The van der Waals surface area contributed by atoms with Gasteiger partial charge in [-0.15, -0.1) is 11.8 Å². The molecule has 0 radical (unpaired) electrons. The van der Waals surface area contributed by atoms with E-state index in [1.165, 1.54) is 11.8 Å². The molecular weight excluding hydrogens is 598 g/mol. The Bertz CT molecular complexity index is 1230. The molecule has 4 rings (SSSR count). The first-order valence-electron chi connectivity index (χ1n) is 17.6. The van der Waals surface area contributed by atoms with E-state index in [9.17, 15) is 19.5 Å². The molecule has 3 fully saturated rings. The van der Waals surface area contributed by atoms with Gasteiger partial charge in [-0.2, -0.15) is 0 Å². The molecule has 1 aromatic carbocycles. The Hall–Kier alpha value is -1.90. The lowest BCUT2D eigenvalue weighted by Crippen LogP contribution is -2.63. The van der Waals surface area contributed by atoms with Gasteiger partial charge in [0.2, 0.25) is 0 Å². The zero-order valence-corrected chi connectivity index (χ0v) is 30.2. The number of Topliss-reactive ketones (excluding diaryl/α,β-unsaturated/α-hetero) is 1. The predicted octanol–water partition coefficient (Wildman–Crippen LogP) is 7.64. The van der Waals surface area contributed by atoms with E-state index in [2.05, 4.69) is 27.7 Å². The maximum atomic E-state index is 13.8. The van der Waals surface area contributed by atoms with E-state index >= 15 is 0 Å². The van der Waals surface area contributed by atoms with Gasteiger partial charge in [0.1, 0.15) is 17.5 Å². The summed E-state index contributed by atoms with van der Waals surface area (Å²) < 4.78 is 12.0. The van der Waals surface area contributed by atoms with Crippen molar-refractivity contribution in [1.82, 2.24) is 0 Å². The van der Waals surface area contributed by atoms with Gasteiger partial charge < -0.3 is 20.3 Å². The van der Waals surface area contributed by atoms with E-state index in [0.717, 1.165) is 61.8 Å². The van der Waals surface area contributed by atoms with Gasteiger partial charge in [0.05, 0.1) is 11.9 Å². The minimum absolute atomic E-state index is 0.0309. The van der Waals surface area contributed by atoms with Crippen LogP contribution in [0.25, 0.3) is 0 Å². The fourth-order valence-electron chi connectivity index (χ4n) is 9.20. The van der Waals surface area contributed by atoms with Crippen LogP contribution < -0.4 is 5.73 Å². The average Bonchev–Trinajstić information content (AvgIpc) is 3.35. The molecule has 0 heterocycles. The van der Waals surface area contributed by atoms with Gasteiger partial charge in [-0.3, -0.25) is 14.4 Å². The van der Waals surface area contributed by atoms with Gasteiger partial charge in [-0.1, -0.05) is 59.1 Å². The van der Waals surface area contributed by atoms with E-state index in [1.807, 2.05) is 45.0 Å². The van der Waals surface area contributed by atoms with Gasteiger partial charge in [-0.25, -0.2) is 0 Å². The van der Waals surface area contributed by atoms with Crippen LogP contribution >= 0.6 is 11.8 Å². The second kappa shape index (κ2) is 14.7. The molecule has 2 bridgehead atoms. The van der Waals surface area contributed by atoms with Crippen molar-refractivity contribution in [2.45, 2.75) is 148 Å². The number of ether oxygens (including phenoxy) is 2. The number of aliphatic hydroxyl groups is 1. The van der Waals surface area contributed by atoms with Crippen molar-refractivity contribution >= 4 is 29.5 Å². The van der Waals surface area contributed by atoms with Crippen LogP contribution in [0.15, 0.2) is 29.2 Å². The van der Waals surface area contributed by atoms with Crippen LogP contribution in [-0.4, -0.2) is 46.4 Å². The van der Waals surface area contributed by atoms with E-state index in [-0.39, 0.29) is 46.6 Å². The molecule has 3 N–H and O–H groups in total. The predicted molar refractivity (Wildman–Crippen MR) is 183 cm³/mol. The van der Waals surface area contributed by atoms with Crippen molar-refractivity contribution < 1.29 is 29.0 Å². The fraction of sp³-hybridized carbons (Fsp3) is 0.763. The maximum absolute atomic E-state index is 13.8. The first kappa shape index (κ1) is 36.9. The third-order valence-electron chi connectivity index (χ3n) is 12.0. The summed E-state index contributed by atoms with van der Waals surface area (Å²) in [4.78, 5) is 40.5. The average molecular weight is 658 g/mol. The quantitative estimate of drug-likeness (QED) is 0.134. The van der Waals surface area contributed by atoms with E-state index in [4.69, 9.17) is 15.2 Å². The standard InChI is InChI=1S/C38H59NO6S/c1-25-17-20-38-21-18-29(40)33(38)37(25,7)30(44-32(42)24-46-28-15-13-27(23-39)14-16-28)22-36(6,34(43)26(38)2)19-11-9-8-10-12-31(41)45-35(3,4)5/h13-16,25-26,30,33-34,43H,8-12,17-24,39H2,1-7H3/t25-,26+,30-,33+,34+,36+,37+,38+/m1/s1. The minimum atomic E-state index is -0.614. The maximum Gasteiger partial charge on any atom is 0.316 e. The molecule has 1 aromatic rings. The van der Waals surface area contributed by atoms with E-state index in [0.29, 0.717) is 25.8 Å². The summed E-state index contributed by atoms with van der Waals surface area (Å²) in [6.45, 7) is 14.9. The number of thioether (sulfide) groups is 1. The zero-order valence-electron chi connectivity index (χ0n) is 29.4. The lowest BCUT2D eigenvalue weighted by atomic mass is 9.43. The number of ketones is 1. The van der Waals surface area contributed by atoms with Gasteiger partial charge in [0.15, 0.2) is 0 Å². The van der Waals surface area contributed by atoms with Crippen molar-refractivity contribution in [1.29, 1.82) is 0 Å². The molecule has 3 aliphatic rings. The first-order valence-corrected chi connectivity index (χ1v) is 18.6. The van der Waals surface area contributed by atoms with Crippen LogP contribution in [0.2, 0.25) is 0 Å². The highest BCUT2D eigenvalue weighted by molar-refractivity contribution is 8.00. The first-order chi connectivity index (χ1) is 21.6. The molecule has 0 aromatic heterocycles. The molecule has 8 atom stereocenters. The van der Waals surface area contributed by atoms with Crippen molar-refractivity contribution in [3.63, 3.8) is 0 Å². The molecular formula is C38H59NO6S. The molecule has 3 aliphatic carbocycles. The highest BCUT2D eigenvalue weighted by atomic mass is 32.2. The molecule has 3 saturated carbocycles. The third kappa shape index (κ3) is 7.86. The Balaban J connectivity index is 1.52. The van der Waals surface area contributed by atoms with Gasteiger partial charge in [-0.05, 0) is 99.7 Å². The number of nitrogens with two attached hydrogens (primary N) is 1. The molecule has 46 heavy (non-hydrogen) atoms. The van der Waals surface area contributed by atoms with Crippen LogP contribution in [0.5, 0.6) is 0 Å². The highest BCUT2D eigenvalue weighted by Crippen LogP contribution is 2.68. The lowest BCUT2D eigenvalue weighted by Gasteiger charge is -2.62. The Morgan fingerprint density at radius 3 is 2.35 bits per heavy atom. The number of unbranched alkanes of at least 4 members (excludes halogenated alkanes) is 3. The second-order valence-corrected chi connectivity index (χ2v) is 17.2. The summed E-state index contributed by atoms with van der Waals surface area (Å²) in [5.74, 6) is -0.0243. The minimum Gasteiger partial charge on any atom is -0.461 e. The normalized spacial score (nSPS) is 34.4. The van der Waals surface area contributed by atoms with Crippen LogP contribution in [0.1, 0.15) is 125 Å². The van der Waals surface area contributed by atoms with Crippen molar-refractivity contribution in [2.24, 2.45) is 39.7 Å². The molecule has 0 unspecified atom stereocenters. The Kier molecular flexibility index (Phi) is 11.8. The molecule has 0 aliphatic heterocycles. The number of hydrogen-bond donors (Lipinski definition) is 2. The van der Waals surface area contributed by atoms with Crippen LogP contribution in [-0.2, 0) is 30.4 Å². The highest BCUT2D eigenvalue weighted by Gasteiger charge is 2.68. The van der Waals surface area contributed by atoms with Crippen LogP contribution in [0.3, 0.4) is 0 Å². The molecule has 7 nitrogen and oxygen atoms in total. The second-order valence-electron chi connectivity index (χ2n) is 16.1. The summed E-state index contributed by atoms with van der Waals surface area (Å²) in [5.41, 5.74) is 5.05. The Morgan fingerprint density at radius 1 is 1.02 bits per heavy atom. The van der Waals surface area contributed by atoms with Crippen LogP contribution in [0, 0.1) is 34.0 Å². The molecule has 8 heteroatoms. The van der Waals surface area contributed by atoms with Crippen molar-refractivity contribution in [3.05, 3.63) is 29.8 Å². The summed E-state index contributed by atoms with van der Waals surface area (Å²) >= 11 is 1.45. The zero-order chi connectivity index (χ0) is 33.9. The van der Waals surface area contributed by atoms with E-state index in [1.54, 1.807) is 0 Å². The summed E-state index contributed by atoms with van der Waals surface area (Å²) in [6.07, 6.45) is 7.41. The molecule has 0 amide bonds. The molecule has 258 valence electrons. The number of rotatable bonds is 12. The number of carbonyl (C=O) groups excluding carboxylic acids is 3. The number of esters is 2. The number of carbonyl (C=O) groups is 3. The van der Waals surface area contributed by atoms with Gasteiger partial charge in [0, 0.05) is 35.6 Å². The number of benzene rings is 1. The summed E-state index contributed by atoms with van der Waals surface area (Å²) in [6, 6.07) is 7.91. The molecule has 0 spiro atoms. The van der Waals surface area contributed by atoms with Gasteiger partial charge >= 0.3 is 11.9 Å². The topological polar surface area (TPSA) is 116 Å². The van der Waals surface area contributed by atoms with Gasteiger partial charge in [0.25, 0.3) is 0 Å². The summed E-state index contributed by atoms with van der Waals surface area (Å²) in [5, 5.41) is 12.2. The Labute approximate surface area is 281 Å². The van der Waals surface area contributed by atoms with E-state index < -0.39 is 28.6 Å². The smallest absolute Gasteiger partial charge is 0.316 e. The SMILES string of the molecule is C[C@@H]1CC[C@@]23CCC(=O)[C@H]2[C@]1(C)[C@H](OC(=O)CSc1ccc(CN)cc1)C[C@](C)(CCCCCCC(=O)OC(C)(C)C)[C@@H](O)[C@@H]3C. The lowest BCUT2D eigenvalue weighted by molar-refractivity contribution is -0.211. The molecule has 0 saturated heterocycles. The summed E-state index contributed by atoms with van der Waals surface area (Å²) in [7, 11) is 0. The fourth-order valence-corrected chi connectivity index (χ4v) is 9.89. The van der Waals surface area contributed by atoms with Crippen molar-refractivity contribution in [2.75, 3.05) is 5.75 Å². The van der Waals surface area contributed by atoms with Crippen molar-refractivity contribution in [3.8, 4) is 0 Å². The Morgan fingerprint density at radius 2 is 1.70 bits per heavy atom. The number of aliphatic hydroxyl groups excluding tert-OH is 1. The van der Waals surface area contributed by atoms with Crippen LogP contribution in [0.4, 0.5) is 0 Å². The monoisotopic (exact) mass is 657 g/mol. The number of hydrogen-bond acceptors (Lipinski definition) is 8.